The van der Waals surface area contributed by atoms with Gasteiger partial charge in [0.15, 0.2) is 0 Å². The molecule has 0 radical (unpaired) electrons. The second-order valence-corrected chi connectivity index (χ2v) is 5.53. The Balaban J connectivity index is 2.05. The van der Waals surface area contributed by atoms with E-state index in [0.29, 0.717) is 18.1 Å². The number of rotatable bonds is 4. The van der Waals surface area contributed by atoms with Gasteiger partial charge in [-0.05, 0) is 32.0 Å². The summed E-state index contributed by atoms with van der Waals surface area (Å²) in [6, 6.07) is 13.0. The summed E-state index contributed by atoms with van der Waals surface area (Å²) in [6.07, 6.45) is 3.74. The minimum absolute atomic E-state index is 0.0700. The number of fused-ring (bicyclic) bond motifs is 1. The van der Waals surface area contributed by atoms with Gasteiger partial charge in [0.1, 0.15) is 5.65 Å². The number of hydrogen-bond acceptors (Lipinski definition) is 4. The summed E-state index contributed by atoms with van der Waals surface area (Å²) >= 11 is 0. The molecule has 0 bridgehead atoms. The predicted octanol–water partition coefficient (Wildman–Crippen LogP) is 3.50. The van der Waals surface area contributed by atoms with E-state index >= 15 is 0 Å². The van der Waals surface area contributed by atoms with Crippen LogP contribution in [0.4, 0.5) is 11.6 Å². The summed E-state index contributed by atoms with van der Waals surface area (Å²) in [5, 5.41) is 3.99. The molecule has 0 aliphatic heterocycles. The first-order valence-electron chi connectivity index (χ1n) is 7.45. The maximum absolute atomic E-state index is 12.2. The van der Waals surface area contributed by atoms with Crippen molar-refractivity contribution < 1.29 is 0 Å². The van der Waals surface area contributed by atoms with Crippen LogP contribution in [0.1, 0.15) is 13.8 Å². The molecular formula is C18H18N4O. The summed E-state index contributed by atoms with van der Waals surface area (Å²) < 4.78 is 1.65. The molecule has 1 N–H and O–H groups in total. The maximum atomic E-state index is 12.2. The van der Waals surface area contributed by atoms with Crippen molar-refractivity contribution in [1.29, 1.82) is 0 Å². The van der Waals surface area contributed by atoms with E-state index in [-0.39, 0.29) is 5.56 Å². The lowest BCUT2D eigenvalue weighted by atomic mass is 10.3. The van der Waals surface area contributed by atoms with E-state index in [9.17, 15) is 4.79 Å². The lowest BCUT2D eigenvalue weighted by Crippen LogP contribution is -2.20. The van der Waals surface area contributed by atoms with Crippen LogP contribution in [0.2, 0.25) is 0 Å². The van der Waals surface area contributed by atoms with Gasteiger partial charge in [-0.2, -0.15) is 4.98 Å². The topological polar surface area (TPSA) is 59.8 Å². The van der Waals surface area contributed by atoms with E-state index in [1.807, 2.05) is 50.3 Å². The molecule has 23 heavy (non-hydrogen) atoms. The largest absolute Gasteiger partial charge is 0.324 e. The number of nitrogens with zero attached hydrogens (tertiary/aromatic N) is 3. The van der Waals surface area contributed by atoms with Gasteiger partial charge in [0.2, 0.25) is 5.95 Å². The molecule has 0 fully saturated rings. The van der Waals surface area contributed by atoms with Gasteiger partial charge in [0.05, 0.1) is 0 Å². The third-order valence-electron chi connectivity index (χ3n) is 3.44. The molecular weight excluding hydrogens is 288 g/mol. The summed E-state index contributed by atoms with van der Waals surface area (Å²) in [7, 11) is 0. The SMILES string of the molecule is CC(C)=CCn1c(=O)ccc2cnc(Nc3ccccc3)nc21. The van der Waals surface area contributed by atoms with Crippen molar-refractivity contribution in [3.05, 3.63) is 70.7 Å². The fraction of sp³-hybridized carbons (Fsp3) is 0.167. The van der Waals surface area contributed by atoms with Gasteiger partial charge in [0, 0.05) is 29.9 Å². The standard InChI is InChI=1S/C18H18N4O/c1-13(2)10-11-22-16(23)9-8-14-12-19-18(21-17(14)22)20-15-6-4-3-5-7-15/h3-10,12H,11H2,1-2H3,(H,19,20,21). The third-order valence-corrected chi connectivity index (χ3v) is 3.44. The molecule has 0 saturated heterocycles. The first-order chi connectivity index (χ1) is 11.1. The van der Waals surface area contributed by atoms with Crippen LogP contribution in [-0.2, 0) is 6.54 Å². The molecule has 0 spiro atoms. The Kier molecular flexibility index (Phi) is 4.19. The number of aromatic nitrogens is 3. The second kappa shape index (κ2) is 6.44. The van der Waals surface area contributed by atoms with Crippen LogP contribution in [0.5, 0.6) is 0 Å². The molecule has 0 aliphatic rings. The molecule has 0 aliphatic carbocycles. The Morgan fingerprint density at radius 3 is 2.70 bits per heavy atom. The van der Waals surface area contributed by atoms with Crippen LogP contribution < -0.4 is 10.9 Å². The molecule has 116 valence electrons. The second-order valence-electron chi connectivity index (χ2n) is 5.53. The number of benzene rings is 1. The van der Waals surface area contributed by atoms with Crippen LogP contribution in [0.15, 0.2) is 65.1 Å². The molecule has 0 saturated carbocycles. The molecule has 3 aromatic rings. The molecule has 5 nitrogen and oxygen atoms in total. The molecule has 0 amide bonds. The van der Waals surface area contributed by atoms with Crippen molar-refractivity contribution in [3.8, 4) is 0 Å². The number of nitrogens with one attached hydrogen (secondary N) is 1. The zero-order valence-electron chi connectivity index (χ0n) is 13.2. The third kappa shape index (κ3) is 3.45. The number of hydrogen-bond donors (Lipinski definition) is 1. The van der Waals surface area contributed by atoms with E-state index in [1.54, 1.807) is 22.9 Å². The summed E-state index contributed by atoms with van der Waals surface area (Å²) in [6.45, 7) is 4.52. The molecule has 3 rings (SSSR count). The number of para-hydroxylation sites is 1. The number of allylic oxidation sites excluding steroid dienone is 2. The minimum Gasteiger partial charge on any atom is -0.324 e. The monoisotopic (exact) mass is 306 g/mol. The first-order valence-corrected chi connectivity index (χ1v) is 7.45. The average molecular weight is 306 g/mol. The highest BCUT2D eigenvalue weighted by atomic mass is 16.1. The minimum atomic E-state index is -0.0700. The van der Waals surface area contributed by atoms with Crippen molar-refractivity contribution in [2.45, 2.75) is 20.4 Å². The van der Waals surface area contributed by atoms with Gasteiger partial charge in [-0.15, -0.1) is 0 Å². The van der Waals surface area contributed by atoms with Gasteiger partial charge in [0.25, 0.3) is 5.56 Å². The molecule has 2 aromatic heterocycles. The molecule has 1 aromatic carbocycles. The number of anilines is 2. The number of pyridine rings is 1. The van der Waals surface area contributed by atoms with E-state index in [2.05, 4.69) is 15.3 Å². The van der Waals surface area contributed by atoms with Crippen molar-refractivity contribution in [3.63, 3.8) is 0 Å². The van der Waals surface area contributed by atoms with E-state index < -0.39 is 0 Å². The highest BCUT2D eigenvalue weighted by Gasteiger charge is 2.06. The van der Waals surface area contributed by atoms with Gasteiger partial charge in [-0.3, -0.25) is 9.36 Å². The van der Waals surface area contributed by atoms with E-state index in [0.717, 1.165) is 16.6 Å². The van der Waals surface area contributed by atoms with Crippen LogP contribution in [0.3, 0.4) is 0 Å². The normalized spacial score (nSPS) is 10.5. The van der Waals surface area contributed by atoms with Crippen molar-refractivity contribution in [1.82, 2.24) is 14.5 Å². The van der Waals surface area contributed by atoms with Crippen molar-refractivity contribution >= 4 is 22.7 Å². The maximum Gasteiger partial charge on any atom is 0.252 e. The Hall–Kier alpha value is -2.95. The molecule has 0 atom stereocenters. The Morgan fingerprint density at radius 1 is 1.17 bits per heavy atom. The first kappa shape index (κ1) is 15.0. The van der Waals surface area contributed by atoms with Gasteiger partial charge < -0.3 is 5.32 Å². The molecule has 5 heteroatoms. The van der Waals surface area contributed by atoms with Crippen LogP contribution in [0, 0.1) is 0 Å². The zero-order valence-corrected chi connectivity index (χ0v) is 13.2. The molecule has 0 unspecified atom stereocenters. The zero-order chi connectivity index (χ0) is 16.2. The lowest BCUT2D eigenvalue weighted by Gasteiger charge is -2.09. The molecule has 2 heterocycles. The van der Waals surface area contributed by atoms with E-state index in [4.69, 9.17) is 0 Å². The Labute approximate surface area is 134 Å². The van der Waals surface area contributed by atoms with Crippen molar-refractivity contribution in [2.75, 3.05) is 5.32 Å². The summed E-state index contributed by atoms with van der Waals surface area (Å²) in [5.41, 5.74) is 2.62. The fourth-order valence-corrected chi connectivity index (χ4v) is 2.23. The van der Waals surface area contributed by atoms with Crippen LogP contribution in [-0.4, -0.2) is 14.5 Å². The highest BCUT2D eigenvalue weighted by molar-refractivity contribution is 5.75. The van der Waals surface area contributed by atoms with Gasteiger partial charge in [-0.25, -0.2) is 4.98 Å². The van der Waals surface area contributed by atoms with E-state index in [1.165, 1.54) is 0 Å². The van der Waals surface area contributed by atoms with Crippen LogP contribution >= 0.6 is 0 Å². The van der Waals surface area contributed by atoms with Gasteiger partial charge >= 0.3 is 0 Å². The van der Waals surface area contributed by atoms with Gasteiger partial charge in [-0.1, -0.05) is 29.8 Å². The average Bonchev–Trinajstić information content (AvgIpc) is 2.54. The quantitative estimate of drug-likeness (QED) is 0.749. The van der Waals surface area contributed by atoms with Crippen molar-refractivity contribution in [2.24, 2.45) is 0 Å². The Bertz CT molecular complexity index is 909. The van der Waals surface area contributed by atoms with Crippen LogP contribution in [0.25, 0.3) is 11.0 Å². The summed E-state index contributed by atoms with van der Waals surface area (Å²) in [5.74, 6) is 0.472. The lowest BCUT2D eigenvalue weighted by molar-refractivity contribution is 0.798. The smallest absolute Gasteiger partial charge is 0.252 e. The predicted molar refractivity (Wildman–Crippen MR) is 93.0 cm³/mol. The summed E-state index contributed by atoms with van der Waals surface area (Å²) in [4.78, 5) is 21.0. The fourth-order valence-electron chi connectivity index (χ4n) is 2.23. The highest BCUT2D eigenvalue weighted by Crippen LogP contribution is 2.15. The Morgan fingerprint density at radius 2 is 1.96 bits per heavy atom.